The first-order chi connectivity index (χ1) is 17.2. The van der Waals surface area contributed by atoms with Crippen molar-refractivity contribution in [2.75, 3.05) is 16.8 Å². The quantitative estimate of drug-likeness (QED) is 0.196. The lowest BCUT2D eigenvalue weighted by Crippen LogP contribution is -3.00. The summed E-state index contributed by atoms with van der Waals surface area (Å²) in [6.07, 6.45) is 7.60. The van der Waals surface area contributed by atoms with Crippen molar-refractivity contribution in [2.45, 2.75) is 58.8 Å². The first kappa shape index (κ1) is 29.1. The average Bonchev–Trinajstić information content (AvgIpc) is 2.90. The zero-order valence-corrected chi connectivity index (χ0v) is 22.3. The second kappa shape index (κ2) is 16.5. The SMILES string of the molecule is CCCCCCCCC(=O)N(CC(C)C(=Nc1ccccc1)Nc1ccccc1)c1ccccc1.[Cl-]. The molecule has 3 rings (SSSR count). The molecule has 0 aromatic heterocycles. The number of aliphatic imine (C=N–C) groups is 1. The number of anilines is 2. The summed E-state index contributed by atoms with van der Waals surface area (Å²) in [5.41, 5.74) is 2.82. The Hall–Kier alpha value is -3.11. The lowest BCUT2D eigenvalue weighted by molar-refractivity contribution is -0.118. The minimum absolute atomic E-state index is 0. The molecule has 36 heavy (non-hydrogen) atoms. The number of halogens is 1. The van der Waals surface area contributed by atoms with Crippen molar-refractivity contribution in [2.24, 2.45) is 10.9 Å². The highest BCUT2D eigenvalue weighted by Crippen LogP contribution is 2.21. The summed E-state index contributed by atoms with van der Waals surface area (Å²) in [6.45, 7) is 4.92. The van der Waals surface area contributed by atoms with Gasteiger partial charge >= 0.3 is 0 Å². The van der Waals surface area contributed by atoms with Crippen molar-refractivity contribution in [1.82, 2.24) is 0 Å². The van der Waals surface area contributed by atoms with E-state index in [4.69, 9.17) is 4.99 Å². The fourth-order valence-electron chi connectivity index (χ4n) is 4.08. The summed E-state index contributed by atoms with van der Waals surface area (Å²) >= 11 is 0. The van der Waals surface area contributed by atoms with E-state index in [-0.39, 0.29) is 24.2 Å². The Balaban J connectivity index is 0.00000456. The molecule has 0 aliphatic carbocycles. The summed E-state index contributed by atoms with van der Waals surface area (Å²) in [5, 5.41) is 3.51. The predicted molar refractivity (Wildman–Crippen MR) is 150 cm³/mol. The molecule has 192 valence electrons. The second-order valence-electron chi connectivity index (χ2n) is 9.08. The molecule has 0 saturated heterocycles. The fourth-order valence-corrected chi connectivity index (χ4v) is 4.08. The summed E-state index contributed by atoms with van der Waals surface area (Å²) < 4.78 is 0. The van der Waals surface area contributed by atoms with Gasteiger partial charge in [-0.15, -0.1) is 0 Å². The van der Waals surface area contributed by atoms with Gasteiger partial charge in [0.25, 0.3) is 0 Å². The third-order valence-electron chi connectivity index (χ3n) is 6.09. The maximum Gasteiger partial charge on any atom is 0.226 e. The lowest BCUT2D eigenvalue weighted by atomic mass is 10.1. The summed E-state index contributed by atoms with van der Waals surface area (Å²) in [4.78, 5) is 20.2. The van der Waals surface area contributed by atoms with E-state index in [1.165, 1.54) is 25.7 Å². The van der Waals surface area contributed by atoms with Gasteiger partial charge in [-0.2, -0.15) is 0 Å². The molecule has 0 bridgehead atoms. The Morgan fingerprint density at radius 3 is 2.00 bits per heavy atom. The van der Waals surface area contributed by atoms with E-state index < -0.39 is 0 Å². The van der Waals surface area contributed by atoms with E-state index in [1.54, 1.807) is 0 Å². The topological polar surface area (TPSA) is 44.7 Å². The van der Waals surface area contributed by atoms with Crippen molar-refractivity contribution in [3.05, 3.63) is 91.0 Å². The van der Waals surface area contributed by atoms with E-state index in [2.05, 4.69) is 19.2 Å². The standard InChI is InChI=1S/C31H39N3O.ClH/c1-3-4-5-6-7-17-24-30(35)34(29-22-15-10-16-23-29)25-26(2)31(32-27-18-11-8-12-19-27)33-28-20-13-9-14-21-28;/h8-16,18-23,26H,3-7,17,24-25H2,1-2H3,(H,32,33);1H/p-1. The Morgan fingerprint density at radius 1 is 0.806 bits per heavy atom. The number of hydrogen-bond donors (Lipinski definition) is 1. The second-order valence-corrected chi connectivity index (χ2v) is 9.08. The van der Waals surface area contributed by atoms with E-state index in [9.17, 15) is 4.79 Å². The van der Waals surface area contributed by atoms with Gasteiger partial charge in [0.05, 0.1) is 5.69 Å². The molecule has 0 spiro atoms. The Morgan fingerprint density at radius 2 is 1.36 bits per heavy atom. The number of unbranched alkanes of at least 4 members (excludes halogenated alkanes) is 5. The van der Waals surface area contributed by atoms with Gasteiger partial charge in [0.1, 0.15) is 5.84 Å². The van der Waals surface area contributed by atoms with E-state index in [0.717, 1.165) is 35.7 Å². The molecule has 1 unspecified atom stereocenters. The molecule has 0 fully saturated rings. The van der Waals surface area contributed by atoms with Crippen molar-refractivity contribution in [3.8, 4) is 0 Å². The van der Waals surface area contributed by atoms with Gasteiger partial charge in [0.15, 0.2) is 0 Å². The number of nitrogens with zero attached hydrogens (tertiary/aromatic N) is 2. The molecule has 1 amide bonds. The van der Waals surface area contributed by atoms with Gasteiger partial charge < -0.3 is 22.6 Å². The van der Waals surface area contributed by atoms with Crippen molar-refractivity contribution in [1.29, 1.82) is 0 Å². The molecule has 0 aliphatic heterocycles. The number of para-hydroxylation sites is 3. The number of nitrogens with one attached hydrogen (secondary N) is 1. The molecular formula is C31H39ClN3O-. The molecule has 4 nitrogen and oxygen atoms in total. The Kier molecular flexibility index (Phi) is 13.4. The summed E-state index contributed by atoms with van der Waals surface area (Å²) in [7, 11) is 0. The summed E-state index contributed by atoms with van der Waals surface area (Å²) in [5.74, 6) is 1.03. The molecular weight excluding hydrogens is 466 g/mol. The number of amidine groups is 1. The zero-order valence-electron chi connectivity index (χ0n) is 21.6. The van der Waals surface area contributed by atoms with Crippen molar-refractivity contribution >= 4 is 28.8 Å². The van der Waals surface area contributed by atoms with E-state index in [1.807, 2.05) is 95.9 Å². The van der Waals surface area contributed by atoms with Crippen LogP contribution in [-0.4, -0.2) is 18.3 Å². The first-order valence-electron chi connectivity index (χ1n) is 13.0. The zero-order chi connectivity index (χ0) is 24.7. The molecule has 0 saturated carbocycles. The molecule has 5 heteroatoms. The third kappa shape index (κ3) is 9.87. The molecule has 0 radical (unpaired) electrons. The van der Waals surface area contributed by atoms with Gasteiger partial charge in [-0.25, -0.2) is 4.99 Å². The van der Waals surface area contributed by atoms with Crippen LogP contribution >= 0.6 is 0 Å². The van der Waals surface area contributed by atoms with Crippen LogP contribution in [0.4, 0.5) is 17.1 Å². The van der Waals surface area contributed by atoms with E-state index >= 15 is 0 Å². The highest BCUT2D eigenvalue weighted by Gasteiger charge is 2.21. The van der Waals surface area contributed by atoms with Crippen LogP contribution in [0.3, 0.4) is 0 Å². The molecule has 3 aromatic rings. The van der Waals surface area contributed by atoms with Gasteiger partial charge in [0.2, 0.25) is 5.91 Å². The minimum atomic E-state index is 0. The monoisotopic (exact) mass is 504 g/mol. The molecule has 1 atom stereocenters. The Labute approximate surface area is 223 Å². The van der Waals surface area contributed by atoms with Gasteiger partial charge in [0, 0.05) is 30.3 Å². The van der Waals surface area contributed by atoms with Crippen molar-refractivity contribution < 1.29 is 17.2 Å². The van der Waals surface area contributed by atoms with Crippen LogP contribution < -0.4 is 22.6 Å². The van der Waals surface area contributed by atoms with Gasteiger partial charge in [-0.3, -0.25) is 4.79 Å². The molecule has 3 aromatic carbocycles. The number of carbonyl (C=O) groups excluding carboxylic acids is 1. The average molecular weight is 505 g/mol. The van der Waals surface area contributed by atoms with E-state index in [0.29, 0.717) is 13.0 Å². The fraction of sp³-hybridized carbons (Fsp3) is 0.355. The predicted octanol–water partition coefficient (Wildman–Crippen LogP) is 5.25. The number of rotatable bonds is 13. The highest BCUT2D eigenvalue weighted by atomic mass is 35.5. The number of benzene rings is 3. The van der Waals surface area contributed by atoms with Gasteiger partial charge in [-0.1, -0.05) is 101 Å². The molecule has 0 heterocycles. The summed E-state index contributed by atoms with van der Waals surface area (Å²) in [6, 6.07) is 30.1. The number of hydrogen-bond acceptors (Lipinski definition) is 2. The largest absolute Gasteiger partial charge is 1.00 e. The van der Waals surface area contributed by atoms with Crippen LogP contribution in [0.15, 0.2) is 96.0 Å². The van der Waals surface area contributed by atoms with Crippen molar-refractivity contribution in [3.63, 3.8) is 0 Å². The maximum atomic E-state index is 13.4. The van der Waals surface area contributed by atoms with Crippen LogP contribution in [0.1, 0.15) is 58.8 Å². The molecule has 1 N–H and O–H groups in total. The Bertz CT molecular complexity index is 1030. The normalized spacial score (nSPS) is 11.9. The van der Waals surface area contributed by atoms with Crippen LogP contribution in [0.2, 0.25) is 0 Å². The first-order valence-corrected chi connectivity index (χ1v) is 13.0. The van der Waals surface area contributed by atoms with Crippen LogP contribution in [0.5, 0.6) is 0 Å². The van der Waals surface area contributed by atoms with Crippen LogP contribution in [0, 0.1) is 5.92 Å². The highest BCUT2D eigenvalue weighted by molar-refractivity contribution is 6.00. The minimum Gasteiger partial charge on any atom is -1.00 e. The smallest absolute Gasteiger partial charge is 0.226 e. The lowest BCUT2D eigenvalue weighted by Gasteiger charge is -2.27. The van der Waals surface area contributed by atoms with Crippen LogP contribution in [-0.2, 0) is 4.79 Å². The molecule has 0 aliphatic rings. The maximum absolute atomic E-state index is 13.4. The van der Waals surface area contributed by atoms with Crippen LogP contribution in [0.25, 0.3) is 0 Å². The number of carbonyl (C=O) groups is 1. The van der Waals surface area contributed by atoms with Gasteiger partial charge in [-0.05, 0) is 42.8 Å². The third-order valence-corrected chi connectivity index (χ3v) is 6.09. The number of amides is 1.